The van der Waals surface area contributed by atoms with Crippen molar-refractivity contribution in [1.82, 2.24) is 0 Å². The van der Waals surface area contributed by atoms with E-state index in [1.54, 1.807) is 6.07 Å². The predicted molar refractivity (Wildman–Crippen MR) is 90.1 cm³/mol. The van der Waals surface area contributed by atoms with Gasteiger partial charge in [-0.05, 0) is 42.7 Å². The molecule has 0 heterocycles. The van der Waals surface area contributed by atoms with Crippen molar-refractivity contribution >= 4 is 10.1 Å². The van der Waals surface area contributed by atoms with E-state index in [0.29, 0.717) is 5.75 Å². The molecule has 0 aromatic heterocycles. The summed E-state index contributed by atoms with van der Waals surface area (Å²) in [7, 11) is -4.41. The number of hydrogen-bond donors (Lipinski definition) is 1. The van der Waals surface area contributed by atoms with Gasteiger partial charge in [0.2, 0.25) is 0 Å². The molecule has 0 saturated carbocycles. The van der Waals surface area contributed by atoms with E-state index in [-0.39, 0.29) is 46.0 Å². The van der Waals surface area contributed by atoms with Crippen LogP contribution in [-0.2, 0) is 16.5 Å². The molecule has 0 spiro atoms. The molecule has 5 nitrogen and oxygen atoms in total. The zero-order valence-corrected chi connectivity index (χ0v) is 17.4. The van der Waals surface area contributed by atoms with Crippen molar-refractivity contribution in [2.45, 2.75) is 43.9 Å². The first-order chi connectivity index (χ1) is 11.4. The fourth-order valence-corrected chi connectivity index (χ4v) is 3.05. The maximum absolute atomic E-state index is 11.7. The monoisotopic (exact) mass is 372 g/mol. The Hall–Kier alpha value is -1.05. The van der Waals surface area contributed by atoms with Gasteiger partial charge in [-0.2, -0.15) is 8.42 Å². The molecule has 2 rings (SSSR count). The average molecular weight is 372 g/mol. The summed E-state index contributed by atoms with van der Waals surface area (Å²) in [5.41, 5.74) is 0.834. The van der Waals surface area contributed by atoms with E-state index in [9.17, 15) is 18.1 Å². The van der Waals surface area contributed by atoms with Gasteiger partial charge in [-0.15, -0.1) is 5.75 Å². The Morgan fingerprint density at radius 3 is 2.32 bits per heavy atom. The Morgan fingerprint density at radius 2 is 1.72 bits per heavy atom. The molecule has 2 aromatic rings. The predicted octanol–water partition coefficient (Wildman–Crippen LogP) is 0.926. The van der Waals surface area contributed by atoms with Crippen molar-refractivity contribution in [1.29, 1.82) is 0 Å². The standard InChI is InChI=1S/C18H22O5S.Na/c1-2-3-4-5-6-14-7-12-17(18(13-14)24(20,21)22)23-16-10-8-15(19)9-11-16;/h7-13,19H,2-6H2,1H3,(H,20,21,22);/q;+1/p-1. The van der Waals surface area contributed by atoms with E-state index in [0.717, 1.165) is 37.7 Å². The molecule has 0 aliphatic heterocycles. The van der Waals surface area contributed by atoms with Crippen molar-refractivity contribution in [2.75, 3.05) is 0 Å². The Labute approximate surface area is 171 Å². The summed E-state index contributed by atoms with van der Waals surface area (Å²) >= 11 is 0. The van der Waals surface area contributed by atoms with Crippen molar-refractivity contribution in [2.24, 2.45) is 0 Å². The van der Waals surface area contributed by atoms with Crippen LogP contribution >= 0.6 is 0 Å². The van der Waals surface area contributed by atoms with Gasteiger partial charge in [0, 0.05) is 0 Å². The average Bonchev–Trinajstić information content (AvgIpc) is 2.54. The molecule has 0 aliphatic carbocycles. The summed E-state index contributed by atoms with van der Waals surface area (Å²) in [4.78, 5) is -0.262. The molecule has 0 unspecified atom stereocenters. The molecule has 0 saturated heterocycles. The maximum Gasteiger partial charge on any atom is 1.00 e. The van der Waals surface area contributed by atoms with Crippen molar-refractivity contribution in [3.63, 3.8) is 0 Å². The van der Waals surface area contributed by atoms with E-state index in [4.69, 9.17) is 4.74 Å². The van der Waals surface area contributed by atoms with Crippen LogP contribution in [0.3, 0.4) is 0 Å². The molecule has 130 valence electrons. The molecule has 0 radical (unpaired) electrons. The van der Waals surface area contributed by atoms with E-state index in [1.807, 2.05) is 0 Å². The third-order valence-electron chi connectivity index (χ3n) is 3.66. The van der Waals surface area contributed by atoms with E-state index in [1.165, 1.54) is 36.4 Å². The molecule has 25 heavy (non-hydrogen) atoms. The third-order valence-corrected chi connectivity index (χ3v) is 4.53. The van der Waals surface area contributed by atoms with Gasteiger partial charge in [0.15, 0.2) is 0 Å². The quantitative estimate of drug-likeness (QED) is 0.423. The normalized spacial score (nSPS) is 11.0. The zero-order chi connectivity index (χ0) is 17.6. The molecule has 7 heteroatoms. The van der Waals surface area contributed by atoms with Gasteiger partial charge >= 0.3 is 29.6 Å². The number of rotatable bonds is 8. The van der Waals surface area contributed by atoms with E-state index >= 15 is 0 Å². The van der Waals surface area contributed by atoms with Crippen molar-refractivity contribution < 1.29 is 52.4 Å². The minimum atomic E-state index is -4.41. The van der Waals surface area contributed by atoms with Gasteiger partial charge < -0.3 is 9.84 Å². The van der Waals surface area contributed by atoms with Crippen LogP contribution < -0.4 is 39.4 Å². The summed E-state index contributed by atoms with van der Waals surface area (Å²) < 4.78 is 38.3. The van der Waals surface area contributed by atoms with Crippen molar-refractivity contribution in [3.05, 3.63) is 48.0 Å². The Morgan fingerprint density at radius 1 is 1.04 bits per heavy atom. The van der Waals surface area contributed by atoms with Gasteiger partial charge in [0.05, 0.1) is 0 Å². The summed E-state index contributed by atoms with van der Waals surface area (Å²) in [6, 6.07) is 10.3. The Balaban J connectivity index is 0.00000312. The van der Waals surface area contributed by atoms with Crippen LogP contribution in [0.2, 0.25) is 0 Å². The fraction of sp³-hybridized carbons (Fsp3) is 0.333. The number of unbranched alkanes of at least 4 members (excludes halogenated alkanes) is 3. The zero-order valence-electron chi connectivity index (χ0n) is 14.6. The van der Waals surface area contributed by atoms with E-state index < -0.39 is 10.1 Å². The molecule has 0 amide bonds. The number of aryl methyl sites for hydroxylation is 1. The summed E-state index contributed by atoms with van der Waals surface area (Å²) in [5.74, 6) is 0.198. The Kier molecular flexibility index (Phi) is 8.96. The van der Waals surface area contributed by atoms with Crippen LogP contribution in [0.5, 0.6) is 17.2 Å². The topological polar surface area (TPSA) is 86.7 Å². The van der Waals surface area contributed by atoms with Crippen molar-refractivity contribution in [3.8, 4) is 17.2 Å². The molecule has 2 aromatic carbocycles. The van der Waals surface area contributed by atoms with Crippen LogP contribution in [-0.4, -0.2) is 13.0 Å². The fourth-order valence-electron chi connectivity index (χ4n) is 2.38. The largest absolute Gasteiger partial charge is 1.00 e. The van der Waals surface area contributed by atoms with Gasteiger partial charge in [-0.25, -0.2) is 0 Å². The van der Waals surface area contributed by atoms with Crippen LogP contribution in [0.4, 0.5) is 0 Å². The van der Waals surface area contributed by atoms with Crippen LogP contribution in [0, 0.1) is 0 Å². The van der Waals surface area contributed by atoms with Gasteiger partial charge in [0.1, 0.15) is 16.4 Å². The minimum absolute atomic E-state index is 0. The first kappa shape index (κ1) is 22.0. The number of benzene rings is 2. The molecule has 1 N–H and O–H groups in total. The second-order valence-electron chi connectivity index (χ2n) is 5.64. The summed E-state index contributed by atoms with van der Waals surface area (Å²) in [6.07, 6.45) is 5.06. The Bertz CT molecular complexity index is 773. The second kappa shape index (κ2) is 10.2. The molecule has 0 bridgehead atoms. The van der Waals surface area contributed by atoms with Crippen LogP contribution in [0.1, 0.15) is 38.2 Å². The first-order valence-corrected chi connectivity index (χ1v) is 9.39. The van der Waals surface area contributed by atoms with Gasteiger partial charge in [-0.1, -0.05) is 44.4 Å². The van der Waals surface area contributed by atoms with Gasteiger partial charge in [-0.3, -0.25) is 4.55 Å². The van der Waals surface area contributed by atoms with Gasteiger partial charge in [0.25, 0.3) is 10.1 Å². The second-order valence-corrected chi connectivity index (χ2v) is 7.03. The molecular weight excluding hydrogens is 351 g/mol. The molecule has 0 atom stereocenters. The summed E-state index contributed by atoms with van der Waals surface area (Å²) in [5, 5.41) is 11.1. The third kappa shape index (κ3) is 6.99. The van der Waals surface area contributed by atoms with Crippen LogP contribution in [0.25, 0.3) is 0 Å². The van der Waals surface area contributed by atoms with E-state index in [2.05, 4.69) is 6.92 Å². The number of ether oxygens (including phenoxy) is 1. The SMILES string of the molecule is CCCCCCc1ccc(Oc2ccc([O-])cc2)c(S(=O)(=O)O)c1.[Na+]. The smallest absolute Gasteiger partial charge is 0.872 e. The maximum atomic E-state index is 11.7. The van der Waals surface area contributed by atoms with Crippen LogP contribution in [0.15, 0.2) is 47.4 Å². The minimum Gasteiger partial charge on any atom is -0.872 e. The summed E-state index contributed by atoms with van der Waals surface area (Å²) in [6.45, 7) is 2.13. The first-order valence-electron chi connectivity index (χ1n) is 7.95. The number of hydrogen-bond acceptors (Lipinski definition) is 4. The molecule has 0 aliphatic rings. The molecular formula is C18H21NaO5S. The molecule has 0 fully saturated rings.